The van der Waals surface area contributed by atoms with Crippen LogP contribution in [0.4, 0.5) is 5.69 Å². The molecule has 5 heteroatoms. The predicted octanol–water partition coefficient (Wildman–Crippen LogP) is 2.91. The Balaban J connectivity index is 1.76. The number of benzene rings is 1. The van der Waals surface area contributed by atoms with E-state index in [1.807, 2.05) is 11.0 Å². The van der Waals surface area contributed by atoms with E-state index in [1.54, 1.807) is 14.0 Å². The Morgan fingerprint density at radius 3 is 2.89 bits per heavy atom. The van der Waals surface area contributed by atoms with Crippen LogP contribution in [0.3, 0.4) is 0 Å². The standard InChI is InChI=1S/C22H28N2O3/c1-15(26)24-18-7-9-21(11-14-25)8-4-12-23-13-10-22(18,20(21)23)16-5-3-6-17(27-2)19(16)24/h3,5-6,14,18,20H,4,7-13H2,1-2H3. The smallest absolute Gasteiger partial charge is 0.224 e. The topological polar surface area (TPSA) is 49.9 Å². The third-order valence-electron chi connectivity index (χ3n) is 7.98. The number of ether oxygens (including phenoxy) is 1. The number of piperidine rings is 1. The van der Waals surface area contributed by atoms with Gasteiger partial charge >= 0.3 is 0 Å². The largest absolute Gasteiger partial charge is 0.495 e. The number of methoxy groups -OCH3 is 1. The summed E-state index contributed by atoms with van der Waals surface area (Å²) in [4.78, 5) is 29.1. The van der Waals surface area contributed by atoms with E-state index < -0.39 is 0 Å². The van der Waals surface area contributed by atoms with Crippen molar-refractivity contribution < 1.29 is 14.3 Å². The monoisotopic (exact) mass is 368 g/mol. The second-order valence-electron chi connectivity index (χ2n) is 8.87. The van der Waals surface area contributed by atoms with Crippen molar-refractivity contribution in [1.82, 2.24) is 4.90 Å². The zero-order valence-corrected chi connectivity index (χ0v) is 16.2. The minimum Gasteiger partial charge on any atom is -0.495 e. The van der Waals surface area contributed by atoms with Crippen molar-refractivity contribution in [3.63, 3.8) is 0 Å². The normalized spacial score (nSPS) is 36.7. The molecule has 4 unspecified atom stereocenters. The van der Waals surface area contributed by atoms with Crippen molar-refractivity contribution in [2.75, 3.05) is 25.1 Å². The lowest BCUT2D eigenvalue weighted by molar-refractivity contribution is -0.120. The van der Waals surface area contributed by atoms with Crippen LogP contribution in [-0.4, -0.2) is 49.4 Å². The quantitative estimate of drug-likeness (QED) is 0.770. The Hall–Kier alpha value is -1.88. The lowest BCUT2D eigenvalue weighted by Crippen LogP contribution is -2.65. The molecule has 1 saturated carbocycles. The fraction of sp³-hybridized carbons (Fsp3) is 0.636. The van der Waals surface area contributed by atoms with Crippen LogP contribution in [0.15, 0.2) is 18.2 Å². The van der Waals surface area contributed by atoms with Gasteiger partial charge in [-0.15, -0.1) is 0 Å². The second kappa shape index (κ2) is 5.81. The SMILES string of the molecule is COc1cccc2c1N(C(C)=O)C1CCC3(CC=O)CCCN4CCC21C43. The third kappa shape index (κ3) is 1.98. The molecule has 1 aromatic rings. The molecular formula is C22H28N2O3. The van der Waals surface area contributed by atoms with Crippen LogP contribution in [0.25, 0.3) is 0 Å². The van der Waals surface area contributed by atoms with Gasteiger partial charge in [0.2, 0.25) is 5.91 Å². The molecule has 144 valence electrons. The van der Waals surface area contributed by atoms with E-state index in [-0.39, 0.29) is 22.8 Å². The molecule has 1 aliphatic carbocycles. The summed E-state index contributed by atoms with van der Waals surface area (Å²) in [6, 6.07) is 6.76. The van der Waals surface area contributed by atoms with E-state index in [4.69, 9.17) is 4.74 Å². The molecule has 0 bridgehead atoms. The minimum atomic E-state index is -0.0722. The summed E-state index contributed by atoms with van der Waals surface area (Å²) < 4.78 is 5.69. The molecule has 0 radical (unpaired) electrons. The molecular weight excluding hydrogens is 340 g/mol. The lowest BCUT2D eigenvalue weighted by Gasteiger charge is -2.58. The van der Waals surface area contributed by atoms with Crippen LogP contribution < -0.4 is 9.64 Å². The molecule has 0 aromatic heterocycles. The van der Waals surface area contributed by atoms with Crippen LogP contribution in [0.5, 0.6) is 5.75 Å². The molecule has 1 spiro atoms. The van der Waals surface area contributed by atoms with Crippen molar-refractivity contribution in [3.8, 4) is 5.75 Å². The van der Waals surface area contributed by atoms with Crippen LogP contribution >= 0.6 is 0 Å². The number of aldehydes is 1. The average molecular weight is 368 g/mol. The Labute approximate surface area is 160 Å². The van der Waals surface area contributed by atoms with Gasteiger partial charge in [0.25, 0.3) is 0 Å². The highest BCUT2D eigenvalue weighted by molar-refractivity contribution is 5.98. The van der Waals surface area contributed by atoms with Crippen molar-refractivity contribution >= 4 is 17.9 Å². The number of rotatable bonds is 3. The van der Waals surface area contributed by atoms with Gasteiger partial charge in [0.15, 0.2) is 0 Å². The van der Waals surface area contributed by atoms with Gasteiger partial charge in [-0.2, -0.15) is 0 Å². The zero-order chi connectivity index (χ0) is 18.8. The number of anilines is 1. The molecule has 1 amide bonds. The molecule has 27 heavy (non-hydrogen) atoms. The number of hydrogen-bond donors (Lipinski definition) is 0. The summed E-state index contributed by atoms with van der Waals surface area (Å²) in [7, 11) is 1.69. The van der Waals surface area contributed by atoms with Gasteiger partial charge in [0, 0.05) is 30.8 Å². The van der Waals surface area contributed by atoms with Gasteiger partial charge < -0.3 is 14.4 Å². The number of carbonyl (C=O) groups is 2. The summed E-state index contributed by atoms with van der Waals surface area (Å²) in [6.07, 6.45) is 7.14. The van der Waals surface area contributed by atoms with Gasteiger partial charge in [0.1, 0.15) is 12.0 Å². The van der Waals surface area contributed by atoms with E-state index in [1.165, 1.54) is 12.0 Å². The van der Waals surface area contributed by atoms with Crippen LogP contribution in [0.1, 0.15) is 51.0 Å². The van der Waals surface area contributed by atoms with Crippen molar-refractivity contribution in [2.24, 2.45) is 5.41 Å². The zero-order valence-electron chi connectivity index (χ0n) is 16.2. The predicted molar refractivity (Wildman–Crippen MR) is 103 cm³/mol. The van der Waals surface area contributed by atoms with E-state index >= 15 is 0 Å². The van der Waals surface area contributed by atoms with Crippen LogP contribution in [0.2, 0.25) is 0 Å². The van der Waals surface area contributed by atoms with Crippen molar-refractivity contribution in [1.29, 1.82) is 0 Å². The maximum atomic E-state index is 12.8. The van der Waals surface area contributed by atoms with E-state index in [0.717, 1.165) is 56.5 Å². The fourth-order valence-electron chi connectivity index (χ4n) is 7.30. The first-order valence-electron chi connectivity index (χ1n) is 10.2. The first kappa shape index (κ1) is 17.2. The Kier molecular flexibility index (Phi) is 3.71. The molecule has 4 atom stereocenters. The molecule has 5 nitrogen and oxygen atoms in total. The Bertz CT molecular complexity index is 809. The summed E-state index contributed by atoms with van der Waals surface area (Å²) in [6.45, 7) is 3.85. The number of amides is 1. The van der Waals surface area contributed by atoms with Gasteiger partial charge in [-0.25, -0.2) is 0 Å². The lowest BCUT2D eigenvalue weighted by atomic mass is 9.52. The van der Waals surface area contributed by atoms with Crippen LogP contribution in [-0.2, 0) is 15.0 Å². The van der Waals surface area contributed by atoms with Gasteiger partial charge in [-0.05, 0) is 62.2 Å². The fourth-order valence-corrected chi connectivity index (χ4v) is 7.30. The summed E-state index contributed by atoms with van der Waals surface area (Å²) >= 11 is 0. The minimum absolute atomic E-state index is 0.0557. The molecule has 3 fully saturated rings. The van der Waals surface area contributed by atoms with E-state index in [0.29, 0.717) is 12.5 Å². The first-order valence-corrected chi connectivity index (χ1v) is 10.2. The van der Waals surface area contributed by atoms with Crippen molar-refractivity contribution in [2.45, 2.75) is 62.9 Å². The summed E-state index contributed by atoms with van der Waals surface area (Å²) in [5.74, 6) is 0.890. The number of nitrogens with zero attached hydrogens (tertiary/aromatic N) is 2. The molecule has 4 aliphatic rings. The first-order chi connectivity index (χ1) is 13.1. The number of para-hydroxylation sites is 1. The van der Waals surface area contributed by atoms with E-state index in [2.05, 4.69) is 17.0 Å². The highest BCUT2D eigenvalue weighted by Crippen LogP contribution is 2.66. The molecule has 1 aromatic carbocycles. The Morgan fingerprint density at radius 1 is 1.30 bits per heavy atom. The molecule has 5 rings (SSSR count). The van der Waals surface area contributed by atoms with E-state index in [9.17, 15) is 9.59 Å². The number of fused-ring (bicyclic) bond motifs is 1. The highest BCUT2D eigenvalue weighted by atomic mass is 16.5. The average Bonchev–Trinajstić information content (AvgIpc) is 3.20. The van der Waals surface area contributed by atoms with Crippen molar-refractivity contribution in [3.05, 3.63) is 23.8 Å². The highest BCUT2D eigenvalue weighted by Gasteiger charge is 2.68. The molecule has 3 heterocycles. The summed E-state index contributed by atoms with van der Waals surface area (Å²) in [5.41, 5.74) is 2.23. The van der Waals surface area contributed by atoms with Gasteiger partial charge in [0.05, 0.1) is 12.8 Å². The Morgan fingerprint density at radius 2 is 2.15 bits per heavy atom. The molecule has 3 aliphatic heterocycles. The third-order valence-corrected chi connectivity index (χ3v) is 7.98. The maximum absolute atomic E-state index is 12.8. The number of carbonyl (C=O) groups excluding carboxylic acids is 2. The number of hydrogen-bond acceptors (Lipinski definition) is 4. The maximum Gasteiger partial charge on any atom is 0.224 e. The molecule has 2 saturated heterocycles. The van der Waals surface area contributed by atoms with Gasteiger partial charge in [-0.1, -0.05) is 12.1 Å². The van der Waals surface area contributed by atoms with Crippen LogP contribution in [0, 0.1) is 5.41 Å². The summed E-state index contributed by atoms with van der Waals surface area (Å²) in [5, 5.41) is 0. The second-order valence-corrected chi connectivity index (χ2v) is 8.87. The molecule has 0 N–H and O–H groups in total. The van der Waals surface area contributed by atoms with Gasteiger partial charge in [-0.3, -0.25) is 9.69 Å².